The maximum absolute atomic E-state index is 10.7. The Morgan fingerprint density at radius 1 is 1.50 bits per heavy atom. The number of aliphatic hydroxyl groups excluding tert-OH is 1. The Bertz CT molecular complexity index is 306. The minimum Gasteiger partial charge on any atom is -0.400 e. The predicted octanol–water partition coefficient (Wildman–Crippen LogP) is -0.799. The van der Waals surface area contributed by atoms with Crippen molar-refractivity contribution < 1.29 is 9.90 Å². The van der Waals surface area contributed by atoms with Gasteiger partial charge in [0, 0.05) is 20.2 Å². The summed E-state index contributed by atoms with van der Waals surface area (Å²) in [5, 5.41) is 10.6. The molecule has 0 amide bonds. The first-order valence-corrected chi connectivity index (χ1v) is 3.18. The van der Waals surface area contributed by atoms with E-state index in [-0.39, 0.29) is 11.3 Å². The molecule has 1 rings (SSSR count). The van der Waals surface area contributed by atoms with Gasteiger partial charge in [-0.25, -0.2) is 4.68 Å². The van der Waals surface area contributed by atoms with Crippen molar-refractivity contribution in [3.63, 3.8) is 0 Å². The third kappa shape index (κ3) is 2.63. The quantitative estimate of drug-likeness (QED) is 0.560. The van der Waals surface area contributed by atoms with Crippen molar-refractivity contribution in [3.8, 4) is 0 Å². The molecule has 0 aliphatic carbocycles. The van der Waals surface area contributed by atoms with Crippen LogP contribution in [0.1, 0.15) is 10.5 Å². The van der Waals surface area contributed by atoms with Crippen LogP contribution in [0.3, 0.4) is 0 Å². The van der Waals surface area contributed by atoms with Crippen molar-refractivity contribution >= 4 is 6.29 Å². The van der Waals surface area contributed by atoms with Gasteiger partial charge in [-0.3, -0.25) is 9.59 Å². The first-order chi connectivity index (χ1) is 5.74. The maximum atomic E-state index is 10.7. The van der Waals surface area contributed by atoms with E-state index in [1.165, 1.54) is 19.2 Å². The zero-order chi connectivity index (χ0) is 9.56. The Morgan fingerprint density at radius 2 is 2.08 bits per heavy atom. The van der Waals surface area contributed by atoms with Crippen LogP contribution in [0.25, 0.3) is 0 Å². The summed E-state index contributed by atoms with van der Waals surface area (Å²) in [6, 6.07) is 2.69. The summed E-state index contributed by atoms with van der Waals surface area (Å²) in [7, 11) is 2.50. The molecular formula is C7H10N2O3. The van der Waals surface area contributed by atoms with Crippen LogP contribution in [0, 0.1) is 0 Å². The van der Waals surface area contributed by atoms with Gasteiger partial charge in [0.2, 0.25) is 0 Å². The number of hydrogen-bond acceptors (Lipinski definition) is 4. The maximum Gasteiger partial charge on any atom is 0.266 e. The molecule has 0 spiro atoms. The molecule has 0 aliphatic rings. The standard InChI is InChI=1S/C6H6N2O2.CH4O/c1-8-6(10)3-2-5(4-9)7-8;1-2/h2-4H,1H3;2H,1H3. The average molecular weight is 170 g/mol. The third-order valence-electron chi connectivity index (χ3n) is 1.10. The fourth-order valence-corrected chi connectivity index (χ4v) is 0.583. The Hall–Kier alpha value is -1.49. The molecule has 1 aromatic rings. The number of aromatic nitrogens is 2. The van der Waals surface area contributed by atoms with Crippen molar-refractivity contribution in [1.82, 2.24) is 9.78 Å². The molecule has 0 unspecified atom stereocenters. The van der Waals surface area contributed by atoms with Gasteiger partial charge in [-0.2, -0.15) is 5.10 Å². The van der Waals surface area contributed by atoms with E-state index in [0.29, 0.717) is 6.29 Å². The van der Waals surface area contributed by atoms with E-state index < -0.39 is 0 Å². The van der Waals surface area contributed by atoms with Crippen LogP contribution in [0.15, 0.2) is 16.9 Å². The van der Waals surface area contributed by atoms with E-state index in [4.69, 9.17) is 5.11 Å². The van der Waals surface area contributed by atoms with Crippen molar-refractivity contribution in [2.75, 3.05) is 7.11 Å². The first-order valence-electron chi connectivity index (χ1n) is 3.18. The molecule has 5 nitrogen and oxygen atoms in total. The zero-order valence-corrected chi connectivity index (χ0v) is 6.89. The van der Waals surface area contributed by atoms with E-state index >= 15 is 0 Å². The molecule has 1 heterocycles. The topological polar surface area (TPSA) is 72.2 Å². The second-order valence-corrected chi connectivity index (χ2v) is 1.84. The van der Waals surface area contributed by atoms with Gasteiger partial charge in [0.15, 0.2) is 6.29 Å². The average Bonchev–Trinajstić information content (AvgIpc) is 2.13. The molecule has 0 bridgehead atoms. The van der Waals surface area contributed by atoms with Crippen LogP contribution < -0.4 is 5.56 Å². The van der Waals surface area contributed by atoms with Gasteiger partial charge in [0.1, 0.15) is 5.69 Å². The normalized spacial score (nSPS) is 8.25. The largest absolute Gasteiger partial charge is 0.400 e. The number of aliphatic hydroxyl groups is 1. The Balaban J connectivity index is 0.000000561. The number of rotatable bonds is 1. The first kappa shape index (κ1) is 10.5. The molecule has 0 aromatic carbocycles. The molecule has 0 fully saturated rings. The smallest absolute Gasteiger partial charge is 0.266 e. The Morgan fingerprint density at radius 3 is 2.50 bits per heavy atom. The molecule has 0 radical (unpaired) electrons. The van der Waals surface area contributed by atoms with Gasteiger partial charge < -0.3 is 5.11 Å². The van der Waals surface area contributed by atoms with Gasteiger partial charge >= 0.3 is 0 Å². The van der Waals surface area contributed by atoms with Crippen LogP contribution in [0.5, 0.6) is 0 Å². The number of hydrogen-bond donors (Lipinski definition) is 1. The summed E-state index contributed by atoms with van der Waals surface area (Å²) in [4.78, 5) is 20.8. The lowest BCUT2D eigenvalue weighted by atomic mass is 10.4. The SMILES string of the molecule is CO.Cn1nc(C=O)ccc1=O. The minimum absolute atomic E-state index is 0.217. The van der Waals surface area contributed by atoms with Gasteiger partial charge in [0.25, 0.3) is 5.56 Å². The van der Waals surface area contributed by atoms with Gasteiger partial charge in [-0.05, 0) is 6.07 Å². The fraction of sp³-hybridized carbons (Fsp3) is 0.286. The second kappa shape index (κ2) is 5.20. The van der Waals surface area contributed by atoms with Crippen molar-refractivity contribution in [2.45, 2.75) is 0 Å². The Kier molecular flexibility index (Phi) is 4.55. The van der Waals surface area contributed by atoms with Gasteiger partial charge in [0.05, 0.1) is 0 Å². The Labute approximate surface area is 69.3 Å². The van der Waals surface area contributed by atoms with Crippen molar-refractivity contribution in [1.29, 1.82) is 0 Å². The molecular weight excluding hydrogens is 160 g/mol. The molecule has 0 saturated carbocycles. The molecule has 0 saturated heterocycles. The van der Waals surface area contributed by atoms with Gasteiger partial charge in [-0.15, -0.1) is 0 Å². The van der Waals surface area contributed by atoms with E-state index in [2.05, 4.69) is 5.10 Å². The number of carbonyl (C=O) groups is 1. The van der Waals surface area contributed by atoms with Crippen LogP contribution in [-0.4, -0.2) is 28.3 Å². The summed E-state index contributed by atoms with van der Waals surface area (Å²) < 4.78 is 1.11. The molecule has 1 N–H and O–H groups in total. The van der Waals surface area contributed by atoms with E-state index in [1.807, 2.05) is 0 Å². The molecule has 0 atom stereocenters. The highest BCUT2D eigenvalue weighted by molar-refractivity contribution is 5.70. The number of nitrogens with zero attached hydrogens (tertiary/aromatic N) is 2. The third-order valence-corrected chi connectivity index (χ3v) is 1.10. The predicted molar refractivity (Wildman–Crippen MR) is 43.0 cm³/mol. The lowest BCUT2D eigenvalue weighted by Crippen LogP contribution is -2.18. The lowest BCUT2D eigenvalue weighted by molar-refractivity contribution is 0.111. The summed E-state index contributed by atoms with van der Waals surface area (Å²) in [5.41, 5.74) is 0.0488. The summed E-state index contributed by atoms with van der Waals surface area (Å²) >= 11 is 0. The molecule has 0 aliphatic heterocycles. The fourth-order valence-electron chi connectivity index (χ4n) is 0.583. The molecule has 5 heteroatoms. The summed E-state index contributed by atoms with van der Waals surface area (Å²) in [6.07, 6.45) is 0.597. The van der Waals surface area contributed by atoms with Crippen LogP contribution in [-0.2, 0) is 7.05 Å². The number of carbonyl (C=O) groups excluding carboxylic acids is 1. The van der Waals surface area contributed by atoms with Crippen molar-refractivity contribution in [3.05, 3.63) is 28.2 Å². The summed E-state index contributed by atoms with van der Waals surface area (Å²) in [6.45, 7) is 0. The van der Waals surface area contributed by atoms with Crippen LogP contribution in [0.2, 0.25) is 0 Å². The van der Waals surface area contributed by atoms with Crippen LogP contribution in [0.4, 0.5) is 0 Å². The second-order valence-electron chi connectivity index (χ2n) is 1.84. The van der Waals surface area contributed by atoms with E-state index in [1.54, 1.807) is 0 Å². The van der Waals surface area contributed by atoms with E-state index in [9.17, 15) is 9.59 Å². The number of aldehydes is 1. The highest BCUT2D eigenvalue weighted by atomic mass is 16.2. The van der Waals surface area contributed by atoms with E-state index in [0.717, 1.165) is 11.8 Å². The molecule has 12 heavy (non-hydrogen) atoms. The minimum atomic E-state index is -0.217. The monoisotopic (exact) mass is 170 g/mol. The molecule has 1 aromatic heterocycles. The highest BCUT2D eigenvalue weighted by Crippen LogP contribution is 1.80. The van der Waals surface area contributed by atoms with Crippen LogP contribution >= 0.6 is 0 Å². The number of aryl methyl sites for hydroxylation is 1. The molecule has 66 valence electrons. The van der Waals surface area contributed by atoms with Gasteiger partial charge in [-0.1, -0.05) is 0 Å². The zero-order valence-electron chi connectivity index (χ0n) is 6.89. The highest BCUT2D eigenvalue weighted by Gasteiger charge is 1.92. The lowest BCUT2D eigenvalue weighted by Gasteiger charge is -1.92. The van der Waals surface area contributed by atoms with Crippen molar-refractivity contribution in [2.24, 2.45) is 7.05 Å². The summed E-state index contributed by atoms with van der Waals surface area (Å²) in [5.74, 6) is 0.